The van der Waals surface area contributed by atoms with E-state index in [9.17, 15) is 0 Å². The molecule has 0 aliphatic carbocycles. The summed E-state index contributed by atoms with van der Waals surface area (Å²) in [6, 6.07) is 72.3. The Morgan fingerprint density at radius 2 is 0.902 bits per heavy atom. The molecule has 1 aliphatic rings. The molecular formula is C48H32N2Si. The van der Waals surface area contributed by atoms with Gasteiger partial charge in [-0.1, -0.05) is 152 Å². The van der Waals surface area contributed by atoms with Gasteiger partial charge in [-0.25, -0.2) is 0 Å². The van der Waals surface area contributed by atoms with Gasteiger partial charge in [0, 0.05) is 32.9 Å². The Labute approximate surface area is 297 Å². The van der Waals surface area contributed by atoms with E-state index in [2.05, 4.69) is 203 Å². The van der Waals surface area contributed by atoms with Gasteiger partial charge >= 0.3 is 0 Å². The van der Waals surface area contributed by atoms with Crippen LogP contribution in [0.5, 0.6) is 0 Å². The topological polar surface area (TPSA) is 9.86 Å². The van der Waals surface area contributed by atoms with E-state index < -0.39 is 8.07 Å². The Balaban J connectivity index is 1.22. The Kier molecular flexibility index (Phi) is 6.01. The molecule has 0 atom stereocenters. The maximum Gasteiger partial charge on any atom is 0.184 e. The Hall–Kier alpha value is -6.42. The van der Waals surface area contributed by atoms with Crippen molar-refractivity contribution in [1.82, 2.24) is 9.13 Å². The van der Waals surface area contributed by atoms with Gasteiger partial charge in [-0.05, 0) is 74.3 Å². The van der Waals surface area contributed by atoms with E-state index in [0.29, 0.717) is 0 Å². The fraction of sp³-hybridized carbons (Fsp3) is 0. The Bertz CT molecular complexity index is 2920. The largest absolute Gasteiger partial charge is 0.309 e. The molecule has 0 amide bonds. The van der Waals surface area contributed by atoms with Gasteiger partial charge < -0.3 is 9.13 Å². The number of hydrogen-bond acceptors (Lipinski definition) is 0. The molecule has 0 spiro atoms. The summed E-state index contributed by atoms with van der Waals surface area (Å²) in [6.07, 6.45) is 0. The molecule has 11 rings (SSSR count). The minimum absolute atomic E-state index is 1.17. The van der Waals surface area contributed by atoms with Gasteiger partial charge in [-0.15, -0.1) is 0 Å². The second-order valence-corrected chi connectivity index (χ2v) is 17.4. The zero-order valence-corrected chi connectivity index (χ0v) is 28.9. The second kappa shape index (κ2) is 10.8. The van der Waals surface area contributed by atoms with Crippen LogP contribution in [-0.4, -0.2) is 17.2 Å². The average Bonchev–Trinajstić information content (AvgIpc) is 3.72. The molecule has 0 N–H and O–H groups in total. The quantitative estimate of drug-likeness (QED) is 0.166. The van der Waals surface area contributed by atoms with Crippen LogP contribution in [0.2, 0.25) is 0 Å². The number of hydrogen-bond donors (Lipinski definition) is 0. The molecule has 1 aliphatic heterocycles. The monoisotopic (exact) mass is 664 g/mol. The van der Waals surface area contributed by atoms with Crippen LogP contribution in [0.4, 0.5) is 0 Å². The van der Waals surface area contributed by atoms with Crippen LogP contribution in [0, 0.1) is 0 Å². The summed E-state index contributed by atoms with van der Waals surface area (Å²) in [5, 5.41) is 10.8. The molecule has 10 aromatic rings. The second-order valence-electron chi connectivity index (χ2n) is 13.7. The highest BCUT2D eigenvalue weighted by molar-refractivity contribution is 7.21. The first kappa shape index (κ1) is 28.4. The summed E-state index contributed by atoms with van der Waals surface area (Å²) in [5.74, 6) is 0. The molecule has 0 fully saturated rings. The standard InChI is InChI=1S/C48H32N2Si/c1-4-15-33(16-5-1)34-27-29-43-40(31-34)38-21-10-11-23-42(38)49(43)35-28-30-44-41(32-35)39-22-14-26-47-48(39)50(44)45-24-12-13-25-46(45)51(47,36-17-6-2-7-18-36)37-19-8-3-9-20-37/h1-32H. The first-order valence-corrected chi connectivity index (χ1v) is 19.7. The van der Waals surface area contributed by atoms with Gasteiger partial charge in [0.2, 0.25) is 0 Å². The summed E-state index contributed by atoms with van der Waals surface area (Å²) >= 11 is 0. The number of nitrogens with zero attached hydrogens (tertiary/aromatic N) is 2. The van der Waals surface area contributed by atoms with Crippen molar-refractivity contribution >= 4 is 72.4 Å². The third-order valence-electron chi connectivity index (χ3n) is 11.2. The number of fused-ring (bicyclic) bond motifs is 8. The smallest absolute Gasteiger partial charge is 0.184 e. The SMILES string of the molecule is c1ccc(-c2ccc3c(c2)c2ccccc2n3-c2ccc3c(c2)c2cccc4c2n3-c2ccccc2[Si]4(c2ccccc2)c2ccccc2)cc1. The average molecular weight is 665 g/mol. The van der Waals surface area contributed by atoms with E-state index in [1.54, 1.807) is 0 Å². The lowest BCUT2D eigenvalue weighted by Crippen LogP contribution is -2.76. The molecule has 3 heteroatoms. The molecule has 0 saturated heterocycles. The van der Waals surface area contributed by atoms with Gasteiger partial charge in [0.05, 0.1) is 22.1 Å². The third kappa shape index (κ3) is 3.87. The zero-order chi connectivity index (χ0) is 33.5. The molecule has 8 aromatic carbocycles. The maximum atomic E-state index is 2.55. The summed E-state index contributed by atoms with van der Waals surface area (Å²) in [5.41, 5.74) is 9.93. The normalized spacial score (nSPS) is 13.3. The number of benzene rings is 8. The molecule has 2 aromatic heterocycles. The molecule has 238 valence electrons. The van der Waals surface area contributed by atoms with Crippen LogP contribution >= 0.6 is 0 Å². The van der Waals surface area contributed by atoms with Crippen molar-refractivity contribution in [2.24, 2.45) is 0 Å². The van der Waals surface area contributed by atoms with Crippen molar-refractivity contribution in [3.05, 3.63) is 194 Å². The van der Waals surface area contributed by atoms with Crippen LogP contribution in [-0.2, 0) is 0 Å². The molecule has 0 bridgehead atoms. The molecular weight excluding hydrogens is 633 g/mol. The number of para-hydroxylation sites is 3. The Morgan fingerprint density at radius 1 is 0.333 bits per heavy atom. The highest BCUT2D eigenvalue weighted by Gasteiger charge is 2.47. The fourth-order valence-electron chi connectivity index (χ4n) is 9.11. The molecule has 0 saturated carbocycles. The molecule has 0 radical (unpaired) electrons. The minimum Gasteiger partial charge on any atom is -0.309 e. The van der Waals surface area contributed by atoms with E-state index in [1.807, 2.05) is 0 Å². The van der Waals surface area contributed by atoms with Crippen molar-refractivity contribution in [3.8, 4) is 22.5 Å². The summed E-state index contributed by atoms with van der Waals surface area (Å²) in [7, 11) is -2.67. The van der Waals surface area contributed by atoms with E-state index >= 15 is 0 Å². The van der Waals surface area contributed by atoms with Crippen molar-refractivity contribution in [2.45, 2.75) is 0 Å². The minimum atomic E-state index is -2.67. The predicted molar refractivity (Wildman–Crippen MR) is 218 cm³/mol. The van der Waals surface area contributed by atoms with Crippen LogP contribution in [0.1, 0.15) is 0 Å². The lowest BCUT2D eigenvalue weighted by Gasteiger charge is -2.39. The van der Waals surface area contributed by atoms with Gasteiger partial charge in [0.25, 0.3) is 0 Å². The lowest BCUT2D eigenvalue weighted by atomic mass is 10.0. The van der Waals surface area contributed by atoms with Gasteiger partial charge in [0.15, 0.2) is 8.07 Å². The number of rotatable bonds is 4. The van der Waals surface area contributed by atoms with Crippen LogP contribution in [0.3, 0.4) is 0 Å². The van der Waals surface area contributed by atoms with Crippen molar-refractivity contribution < 1.29 is 0 Å². The first-order valence-electron chi connectivity index (χ1n) is 17.7. The van der Waals surface area contributed by atoms with E-state index in [0.717, 1.165) is 0 Å². The van der Waals surface area contributed by atoms with Crippen LogP contribution in [0.15, 0.2) is 194 Å². The van der Waals surface area contributed by atoms with E-state index in [4.69, 9.17) is 0 Å². The van der Waals surface area contributed by atoms with Gasteiger partial charge in [0.1, 0.15) is 0 Å². The van der Waals surface area contributed by atoms with Gasteiger partial charge in [-0.2, -0.15) is 0 Å². The first-order chi connectivity index (χ1) is 25.3. The van der Waals surface area contributed by atoms with Crippen LogP contribution in [0.25, 0.3) is 66.1 Å². The highest BCUT2D eigenvalue weighted by Crippen LogP contribution is 2.39. The molecule has 2 nitrogen and oxygen atoms in total. The maximum absolute atomic E-state index is 2.67. The van der Waals surface area contributed by atoms with Crippen molar-refractivity contribution in [1.29, 1.82) is 0 Å². The lowest BCUT2D eigenvalue weighted by molar-refractivity contribution is 1.17. The highest BCUT2D eigenvalue weighted by atomic mass is 28.3. The van der Waals surface area contributed by atoms with Gasteiger partial charge in [-0.3, -0.25) is 0 Å². The zero-order valence-electron chi connectivity index (χ0n) is 27.9. The Morgan fingerprint density at radius 3 is 1.69 bits per heavy atom. The summed E-state index contributed by atoms with van der Waals surface area (Å²) in [4.78, 5) is 0. The fourth-order valence-corrected chi connectivity index (χ4v) is 14.2. The van der Waals surface area contributed by atoms with Crippen molar-refractivity contribution in [2.75, 3.05) is 0 Å². The van der Waals surface area contributed by atoms with Crippen molar-refractivity contribution in [3.63, 3.8) is 0 Å². The molecule has 51 heavy (non-hydrogen) atoms. The van der Waals surface area contributed by atoms with E-state index in [1.165, 1.54) is 86.9 Å². The predicted octanol–water partition coefficient (Wildman–Crippen LogP) is 9.24. The summed E-state index contributed by atoms with van der Waals surface area (Å²) < 4.78 is 5.00. The molecule has 0 unspecified atom stereocenters. The third-order valence-corrected chi connectivity index (χ3v) is 16.0. The number of aromatic nitrogens is 2. The van der Waals surface area contributed by atoms with E-state index in [-0.39, 0.29) is 0 Å². The molecule has 3 heterocycles. The summed E-state index contributed by atoms with van der Waals surface area (Å²) in [6.45, 7) is 0. The van der Waals surface area contributed by atoms with Crippen LogP contribution < -0.4 is 20.7 Å².